The van der Waals surface area contributed by atoms with E-state index in [1.165, 1.54) is 5.56 Å². The summed E-state index contributed by atoms with van der Waals surface area (Å²) >= 11 is 0. The Bertz CT molecular complexity index is 439. The molecule has 16 heavy (non-hydrogen) atoms. The van der Waals surface area contributed by atoms with Crippen molar-refractivity contribution in [3.8, 4) is 0 Å². The molecule has 0 atom stereocenters. The smallest absolute Gasteiger partial charge is 0.0911 e. The normalized spacial score (nSPS) is 11.1. The topological polar surface area (TPSA) is 47.1 Å². The molecule has 2 rings (SSSR count). The highest BCUT2D eigenvalue weighted by atomic mass is 16.5. The largest absolute Gasteiger partial charge is 0.382 e. The third kappa shape index (κ3) is 2.59. The van der Waals surface area contributed by atoms with Gasteiger partial charge in [-0.1, -0.05) is 0 Å². The zero-order chi connectivity index (χ0) is 11.2. The second kappa shape index (κ2) is 5.63. The van der Waals surface area contributed by atoms with Gasteiger partial charge in [-0.25, -0.2) is 0 Å². The molecule has 0 aliphatic rings. The van der Waals surface area contributed by atoms with Gasteiger partial charge in [0.15, 0.2) is 0 Å². The number of pyridine rings is 1. The quantitative estimate of drug-likeness (QED) is 0.755. The van der Waals surface area contributed by atoms with Crippen molar-refractivity contribution >= 4 is 11.0 Å². The van der Waals surface area contributed by atoms with Gasteiger partial charge in [-0.15, -0.1) is 0 Å². The fourth-order valence-electron chi connectivity index (χ4n) is 1.63. The predicted molar refractivity (Wildman–Crippen MR) is 62.5 cm³/mol. The summed E-state index contributed by atoms with van der Waals surface area (Å²) in [5, 5.41) is 0. The molecular weight excluding hydrogens is 204 g/mol. The van der Waals surface area contributed by atoms with Crippen LogP contribution < -0.4 is 0 Å². The van der Waals surface area contributed by atoms with Crippen LogP contribution in [0.5, 0.6) is 0 Å². The molecule has 0 spiro atoms. The van der Waals surface area contributed by atoms with Crippen LogP contribution in [0.1, 0.15) is 5.56 Å². The average molecular weight is 220 g/mol. The van der Waals surface area contributed by atoms with E-state index < -0.39 is 0 Å². The Hall–Kier alpha value is -1.39. The van der Waals surface area contributed by atoms with Crippen molar-refractivity contribution in [3.05, 3.63) is 30.1 Å². The van der Waals surface area contributed by atoms with Gasteiger partial charge < -0.3 is 14.5 Å². The SMILES string of the molecule is COCCOCCc1c[nH]c2cccnc12. The number of nitrogens with one attached hydrogen (secondary N) is 1. The van der Waals surface area contributed by atoms with Crippen LogP contribution in [0.25, 0.3) is 11.0 Å². The highest BCUT2D eigenvalue weighted by molar-refractivity contribution is 5.78. The predicted octanol–water partition coefficient (Wildman–Crippen LogP) is 1.77. The molecular formula is C12H16N2O2. The molecule has 2 heterocycles. The highest BCUT2D eigenvalue weighted by Crippen LogP contribution is 2.15. The first-order chi connectivity index (χ1) is 7.92. The molecule has 2 aromatic rings. The minimum absolute atomic E-state index is 0.645. The van der Waals surface area contributed by atoms with Gasteiger partial charge in [0.2, 0.25) is 0 Å². The maximum absolute atomic E-state index is 5.43. The third-order valence-electron chi connectivity index (χ3n) is 2.46. The van der Waals surface area contributed by atoms with Crippen LogP contribution >= 0.6 is 0 Å². The third-order valence-corrected chi connectivity index (χ3v) is 2.46. The van der Waals surface area contributed by atoms with E-state index in [1.807, 2.05) is 24.5 Å². The van der Waals surface area contributed by atoms with Crippen LogP contribution in [0, 0.1) is 0 Å². The maximum Gasteiger partial charge on any atom is 0.0911 e. The number of rotatable bonds is 6. The molecule has 0 aliphatic heterocycles. The Morgan fingerprint density at radius 2 is 2.25 bits per heavy atom. The van der Waals surface area contributed by atoms with Gasteiger partial charge in [0.1, 0.15) is 0 Å². The van der Waals surface area contributed by atoms with E-state index in [0.29, 0.717) is 19.8 Å². The Morgan fingerprint density at radius 3 is 3.12 bits per heavy atom. The first-order valence-electron chi connectivity index (χ1n) is 5.39. The second-order valence-electron chi connectivity index (χ2n) is 3.57. The monoisotopic (exact) mass is 220 g/mol. The summed E-state index contributed by atoms with van der Waals surface area (Å²) in [4.78, 5) is 7.54. The lowest BCUT2D eigenvalue weighted by molar-refractivity contribution is 0.0723. The summed E-state index contributed by atoms with van der Waals surface area (Å²) in [5.41, 5.74) is 3.32. The lowest BCUT2D eigenvalue weighted by Crippen LogP contribution is -2.04. The van der Waals surface area contributed by atoms with Crippen molar-refractivity contribution in [3.63, 3.8) is 0 Å². The molecule has 0 saturated carbocycles. The Kier molecular flexibility index (Phi) is 3.91. The van der Waals surface area contributed by atoms with Gasteiger partial charge in [-0.3, -0.25) is 4.98 Å². The molecule has 0 unspecified atom stereocenters. The number of H-pyrrole nitrogens is 1. The second-order valence-corrected chi connectivity index (χ2v) is 3.57. The van der Waals surface area contributed by atoms with Gasteiger partial charge in [-0.05, 0) is 24.1 Å². The number of fused-ring (bicyclic) bond motifs is 1. The maximum atomic E-state index is 5.43. The molecule has 0 fully saturated rings. The van der Waals surface area contributed by atoms with Crippen molar-refractivity contribution in [1.82, 2.24) is 9.97 Å². The molecule has 0 amide bonds. The standard InChI is InChI=1S/C12H16N2O2/c1-15-7-8-16-6-4-10-9-14-11-3-2-5-13-12(10)11/h2-3,5,9,14H,4,6-8H2,1H3. The van der Waals surface area contributed by atoms with E-state index in [9.17, 15) is 0 Å². The van der Waals surface area contributed by atoms with Crippen molar-refractivity contribution in [2.45, 2.75) is 6.42 Å². The fraction of sp³-hybridized carbons (Fsp3) is 0.417. The average Bonchev–Trinajstić information content (AvgIpc) is 2.73. The minimum atomic E-state index is 0.645. The van der Waals surface area contributed by atoms with Gasteiger partial charge >= 0.3 is 0 Å². The van der Waals surface area contributed by atoms with Crippen molar-refractivity contribution in [2.75, 3.05) is 26.9 Å². The van der Waals surface area contributed by atoms with E-state index in [2.05, 4.69) is 9.97 Å². The van der Waals surface area contributed by atoms with Gasteiger partial charge in [0.25, 0.3) is 0 Å². The van der Waals surface area contributed by atoms with Crippen LogP contribution in [0.4, 0.5) is 0 Å². The van der Waals surface area contributed by atoms with Gasteiger partial charge in [-0.2, -0.15) is 0 Å². The van der Waals surface area contributed by atoms with Crippen LogP contribution in [0.3, 0.4) is 0 Å². The first-order valence-corrected chi connectivity index (χ1v) is 5.39. The molecule has 0 saturated heterocycles. The molecule has 0 aromatic carbocycles. The molecule has 1 N–H and O–H groups in total. The van der Waals surface area contributed by atoms with Crippen molar-refractivity contribution in [1.29, 1.82) is 0 Å². The molecule has 4 heteroatoms. The van der Waals surface area contributed by atoms with E-state index in [0.717, 1.165) is 17.5 Å². The van der Waals surface area contributed by atoms with Gasteiger partial charge in [0.05, 0.1) is 30.9 Å². The number of aromatic nitrogens is 2. The number of hydrogen-bond donors (Lipinski definition) is 1. The molecule has 0 radical (unpaired) electrons. The summed E-state index contributed by atoms with van der Waals surface area (Å²) in [7, 11) is 1.67. The van der Waals surface area contributed by atoms with Crippen molar-refractivity contribution in [2.24, 2.45) is 0 Å². The van der Waals surface area contributed by atoms with Gasteiger partial charge in [0, 0.05) is 19.5 Å². The van der Waals surface area contributed by atoms with E-state index in [-0.39, 0.29) is 0 Å². The Labute approximate surface area is 94.6 Å². The summed E-state index contributed by atoms with van der Waals surface area (Å²) in [6.07, 6.45) is 4.68. The summed E-state index contributed by atoms with van der Waals surface area (Å²) in [6, 6.07) is 3.95. The molecule has 0 bridgehead atoms. The van der Waals surface area contributed by atoms with Crippen LogP contribution in [-0.4, -0.2) is 36.9 Å². The summed E-state index contributed by atoms with van der Waals surface area (Å²) in [5.74, 6) is 0. The number of nitrogens with zero attached hydrogens (tertiary/aromatic N) is 1. The number of ether oxygens (including phenoxy) is 2. The number of aromatic amines is 1. The Morgan fingerprint density at radius 1 is 1.31 bits per heavy atom. The van der Waals surface area contributed by atoms with E-state index in [4.69, 9.17) is 9.47 Å². The van der Waals surface area contributed by atoms with Crippen LogP contribution in [0.15, 0.2) is 24.5 Å². The van der Waals surface area contributed by atoms with Crippen LogP contribution in [-0.2, 0) is 15.9 Å². The lowest BCUT2D eigenvalue weighted by atomic mass is 10.2. The highest BCUT2D eigenvalue weighted by Gasteiger charge is 2.03. The van der Waals surface area contributed by atoms with Crippen molar-refractivity contribution < 1.29 is 9.47 Å². The molecule has 86 valence electrons. The zero-order valence-electron chi connectivity index (χ0n) is 9.40. The first kappa shape index (κ1) is 11.1. The Balaban J connectivity index is 1.89. The zero-order valence-corrected chi connectivity index (χ0v) is 9.40. The molecule has 2 aromatic heterocycles. The number of hydrogen-bond acceptors (Lipinski definition) is 3. The van der Waals surface area contributed by atoms with Crippen LogP contribution in [0.2, 0.25) is 0 Å². The fourth-order valence-corrected chi connectivity index (χ4v) is 1.63. The lowest BCUT2D eigenvalue weighted by Gasteiger charge is -2.02. The number of methoxy groups -OCH3 is 1. The van der Waals surface area contributed by atoms with E-state index in [1.54, 1.807) is 7.11 Å². The summed E-state index contributed by atoms with van der Waals surface area (Å²) in [6.45, 7) is 1.99. The molecule has 4 nitrogen and oxygen atoms in total. The molecule has 0 aliphatic carbocycles. The summed E-state index contributed by atoms with van der Waals surface area (Å²) < 4.78 is 10.3. The minimum Gasteiger partial charge on any atom is -0.382 e. The van der Waals surface area contributed by atoms with E-state index >= 15 is 0 Å².